The molecular formula is C16H25N3O4. The first-order chi connectivity index (χ1) is 10.3. The highest BCUT2D eigenvalue weighted by molar-refractivity contribution is 6.09. The average molecular weight is 323 g/mol. The fourth-order valence-electron chi connectivity index (χ4n) is 1.61. The van der Waals surface area contributed by atoms with Crippen LogP contribution in [0.15, 0.2) is 6.33 Å². The second-order valence-corrected chi connectivity index (χ2v) is 7.20. The molecule has 1 heterocycles. The molecule has 0 aliphatic carbocycles. The lowest BCUT2D eigenvalue weighted by Crippen LogP contribution is -2.44. The van der Waals surface area contributed by atoms with Crippen LogP contribution < -0.4 is 4.90 Å². The molecule has 0 unspecified atom stereocenters. The SMILES string of the molecule is Cc1ncnc(N(C(=O)OC(C)(C)C)C(=O)OC(C)(C)C)c1C. The monoisotopic (exact) mass is 323 g/mol. The Labute approximate surface area is 137 Å². The summed E-state index contributed by atoms with van der Waals surface area (Å²) in [5, 5.41) is 0. The zero-order valence-electron chi connectivity index (χ0n) is 15.1. The number of amides is 2. The molecule has 0 aliphatic heterocycles. The first-order valence-electron chi connectivity index (χ1n) is 7.36. The van der Waals surface area contributed by atoms with Gasteiger partial charge in [-0.1, -0.05) is 0 Å². The van der Waals surface area contributed by atoms with Crippen molar-refractivity contribution in [2.45, 2.75) is 66.6 Å². The minimum Gasteiger partial charge on any atom is -0.443 e. The van der Waals surface area contributed by atoms with Crippen LogP contribution in [-0.2, 0) is 9.47 Å². The Morgan fingerprint density at radius 2 is 1.35 bits per heavy atom. The van der Waals surface area contributed by atoms with Crippen molar-refractivity contribution in [2.24, 2.45) is 0 Å². The second-order valence-electron chi connectivity index (χ2n) is 7.20. The molecule has 2 amide bonds. The van der Waals surface area contributed by atoms with E-state index >= 15 is 0 Å². The molecule has 128 valence electrons. The number of hydrogen-bond donors (Lipinski definition) is 0. The largest absolute Gasteiger partial charge is 0.443 e. The molecule has 0 bridgehead atoms. The lowest BCUT2D eigenvalue weighted by Gasteiger charge is -2.28. The zero-order valence-corrected chi connectivity index (χ0v) is 15.1. The summed E-state index contributed by atoms with van der Waals surface area (Å²) in [4.78, 5) is 33.9. The number of hydrogen-bond acceptors (Lipinski definition) is 6. The van der Waals surface area contributed by atoms with Crippen LogP contribution in [0.5, 0.6) is 0 Å². The molecule has 0 atom stereocenters. The maximum atomic E-state index is 12.5. The minimum atomic E-state index is -0.840. The summed E-state index contributed by atoms with van der Waals surface area (Å²) < 4.78 is 10.6. The molecule has 0 spiro atoms. The molecule has 23 heavy (non-hydrogen) atoms. The first-order valence-corrected chi connectivity index (χ1v) is 7.36. The number of nitrogens with zero attached hydrogens (tertiary/aromatic N) is 3. The molecule has 7 heteroatoms. The molecule has 0 saturated heterocycles. The molecular weight excluding hydrogens is 298 g/mol. The molecule has 0 radical (unpaired) electrons. The minimum absolute atomic E-state index is 0.154. The van der Waals surface area contributed by atoms with Crippen molar-refractivity contribution in [1.29, 1.82) is 0 Å². The number of anilines is 1. The van der Waals surface area contributed by atoms with Crippen molar-refractivity contribution in [3.63, 3.8) is 0 Å². The molecule has 0 aromatic carbocycles. The number of ether oxygens (including phenoxy) is 2. The predicted molar refractivity (Wildman–Crippen MR) is 86.5 cm³/mol. The Kier molecular flexibility index (Phi) is 5.35. The van der Waals surface area contributed by atoms with Gasteiger partial charge in [-0.3, -0.25) is 0 Å². The van der Waals surface area contributed by atoms with Gasteiger partial charge in [-0.05, 0) is 55.4 Å². The number of carbonyl (C=O) groups is 2. The van der Waals surface area contributed by atoms with Crippen LogP contribution >= 0.6 is 0 Å². The Morgan fingerprint density at radius 1 is 0.913 bits per heavy atom. The molecule has 1 aromatic rings. The van der Waals surface area contributed by atoms with Gasteiger partial charge in [-0.25, -0.2) is 19.6 Å². The Morgan fingerprint density at radius 3 is 1.74 bits per heavy atom. The van der Waals surface area contributed by atoms with Gasteiger partial charge < -0.3 is 9.47 Å². The van der Waals surface area contributed by atoms with E-state index in [0.717, 1.165) is 4.90 Å². The van der Waals surface area contributed by atoms with Crippen LogP contribution in [-0.4, -0.2) is 33.4 Å². The maximum absolute atomic E-state index is 12.5. The lowest BCUT2D eigenvalue weighted by molar-refractivity contribution is 0.0428. The highest BCUT2D eigenvalue weighted by atomic mass is 16.6. The maximum Gasteiger partial charge on any atom is 0.425 e. The van der Waals surface area contributed by atoms with Gasteiger partial charge in [0.15, 0.2) is 5.82 Å². The van der Waals surface area contributed by atoms with Crippen LogP contribution in [0.25, 0.3) is 0 Å². The van der Waals surface area contributed by atoms with E-state index < -0.39 is 23.4 Å². The van der Waals surface area contributed by atoms with E-state index in [2.05, 4.69) is 9.97 Å². The van der Waals surface area contributed by atoms with E-state index in [1.165, 1.54) is 6.33 Å². The van der Waals surface area contributed by atoms with E-state index in [9.17, 15) is 9.59 Å². The Bertz CT molecular complexity index is 572. The molecule has 7 nitrogen and oxygen atoms in total. The van der Waals surface area contributed by atoms with Crippen LogP contribution in [0.3, 0.4) is 0 Å². The molecule has 1 rings (SSSR count). The van der Waals surface area contributed by atoms with E-state index in [1.54, 1.807) is 55.4 Å². The third-order valence-electron chi connectivity index (χ3n) is 2.67. The fourth-order valence-corrected chi connectivity index (χ4v) is 1.61. The smallest absolute Gasteiger partial charge is 0.425 e. The van der Waals surface area contributed by atoms with Crippen molar-refractivity contribution in [3.05, 3.63) is 17.6 Å². The van der Waals surface area contributed by atoms with Gasteiger partial charge >= 0.3 is 12.2 Å². The van der Waals surface area contributed by atoms with Gasteiger partial charge in [-0.2, -0.15) is 4.90 Å². The summed E-state index contributed by atoms with van der Waals surface area (Å²) in [5.74, 6) is 0.154. The van der Waals surface area contributed by atoms with Crippen molar-refractivity contribution < 1.29 is 19.1 Å². The topological polar surface area (TPSA) is 81.6 Å². The van der Waals surface area contributed by atoms with Gasteiger partial charge in [0.25, 0.3) is 0 Å². The van der Waals surface area contributed by atoms with Crippen LogP contribution in [0.1, 0.15) is 52.8 Å². The van der Waals surface area contributed by atoms with E-state index in [-0.39, 0.29) is 5.82 Å². The fraction of sp³-hybridized carbons (Fsp3) is 0.625. The van der Waals surface area contributed by atoms with Crippen molar-refractivity contribution in [2.75, 3.05) is 4.90 Å². The predicted octanol–water partition coefficient (Wildman–Crippen LogP) is 3.77. The number of aryl methyl sites for hydroxylation is 1. The summed E-state index contributed by atoms with van der Waals surface area (Å²) in [6.07, 6.45) is -0.389. The Hall–Kier alpha value is -2.18. The normalized spacial score (nSPS) is 11.8. The quantitative estimate of drug-likeness (QED) is 0.782. The molecule has 0 N–H and O–H groups in total. The van der Waals surface area contributed by atoms with Gasteiger partial charge in [0, 0.05) is 11.3 Å². The summed E-state index contributed by atoms with van der Waals surface area (Å²) in [5.41, 5.74) is -0.253. The number of carbonyl (C=O) groups excluding carboxylic acids is 2. The second kappa shape index (κ2) is 6.52. The van der Waals surface area contributed by atoms with Crippen molar-refractivity contribution >= 4 is 18.0 Å². The van der Waals surface area contributed by atoms with Gasteiger partial charge in [0.05, 0.1) is 0 Å². The summed E-state index contributed by atoms with van der Waals surface area (Å²) in [7, 11) is 0. The van der Waals surface area contributed by atoms with E-state index in [1.807, 2.05) is 0 Å². The highest BCUT2D eigenvalue weighted by Crippen LogP contribution is 2.23. The third kappa shape index (κ3) is 5.50. The highest BCUT2D eigenvalue weighted by Gasteiger charge is 2.34. The third-order valence-corrected chi connectivity index (χ3v) is 2.67. The van der Waals surface area contributed by atoms with E-state index in [0.29, 0.717) is 11.3 Å². The lowest BCUT2D eigenvalue weighted by atomic mass is 10.2. The number of aromatic nitrogens is 2. The summed E-state index contributed by atoms with van der Waals surface area (Å²) in [6, 6.07) is 0. The van der Waals surface area contributed by atoms with Gasteiger partial charge in [-0.15, -0.1) is 0 Å². The van der Waals surface area contributed by atoms with Crippen LogP contribution in [0, 0.1) is 13.8 Å². The van der Waals surface area contributed by atoms with E-state index in [4.69, 9.17) is 9.47 Å². The van der Waals surface area contributed by atoms with Crippen LogP contribution in [0.4, 0.5) is 15.4 Å². The Balaban J connectivity index is 3.29. The standard InChI is InChI=1S/C16H25N3O4/c1-10-11(2)17-9-18-12(10)19(13(20)22-15(3,4)5)14(21)23-16(6,7)8/h9H,1-8H3. The first kappa shape index (κ1) is 18.9. The number of rotatable bonds is 1. The average Bonchev–Trinajstić information content (AvgIpc) is 2.30. The summed E-state index contributed by atoms with van der Waals surface area (Å²) >= 11 is 0. The van der Waals surface area contributed by atoms with Crippen LogP contribution in [0.2, 0.25) is 0 Å². The molecule has 0 aliphatic rings. The zero-order chi connectivity index (χ0) is 18.0. The molecule has 0 saturated carbocycles. The van der Waals surface area contributed by atoms with Crippen molar-refractivity contribution in [3.8, 4) is 0 Å². The summed E-state index contributed by atoms with van der Waals surface area (Å²) in [6.45, 7) is 13.8. The number of imide groups is 1. The van der Waals surface area contributed by atoms with Gasteiger partial charge in [0.1, 0.15) is 17.5 Å². The van der Waals surface area contributed by atoms with Crippen molar-refractivity contribution in [1.82, 2.24) is 9.97 Å². The molecule has 0 fully saturated rings. The molecule has 1 aromatic heterocycles. The van der Waals surface area contributed by atoms with Gasteiger partial charge in [0.2, 0.25) is 0 Å².